The predicted molar refractivity (Wildman–Crippen MR) is 93.0 cm³/mol. The van der Waals surface area contributed by atoms with Crippen molar-refractivity contribution in [3.63, 3.8) is 0 Å². The Bertz CT molecular complexity index is 456. The maximum absolute atomic E-state index is 5.05. The predicted octanol–water partition coefficient (Wildman–Crippen LogP) is 5.23. The summed E-state index contributed by atoms with van der Waals surface area (Å²) < 4.78 is 0. The minimum absolute atomic E-state index is 0.0881. The molecule has 1 fully saturated rings. The Morgan fingerprint density at radius 3 is 2.43 bits per heavy atom. The molecule has 2 unspecified atom stereocenters. The van der Waals surface area contributed by atoms with Crippen molar-refractivity contribution in [3.05, 3.63) is 16.1 Å². The Balaban J connectivity index is 2.30. The first-order valence-electron chi connectivity index (χ1n) is 8.55. The Morgan fingerprint density at radius 1 is 1.33 bits per heavy atom. The van der Waals surface area contributed by atoms with Crippen LogP contribution in [0.5, 0.6) is 0 Å². The van der Waals surface area contributed by atoms with Crippen LogP contribution >= 0.6 is 11.3 Å². The van der Waals surface area contributed by atoms with Gasteiger partial charge >= 0.3 is 0 Å². The van der Waals surface area contributed by atoms with E-state index in [0.29, 0.717) is 0 Å². The highest BCUT2D eigenvalue weighted by atomic mass is 32.1. The third kappa shape index (κ3) is 4.07. The second-order valence-electron chi connectivity index (χ2n) is 7.86. The summed E-state index contributed by atoms with van der Waals surface area (Å²) in [5, 5.41) is 7.52. The monoisotopic (exact) mass is 308 g/mol. The minimum atomic E-state index is 0.0881. The number of nitrogens with zero attached hydrogens (tertiary/aromatic N) is 1. The molecule has 0 aromatic carbocycles. The molecule has 1 N–H and O–H groups in total. The molecule has 0 spiro atoms. The minimum Gasteiger partial charge on any atom is -0.303 e. The Kier molecular flexibility index (Phi) is 5.15. The molecule has 1 saturated carbocycles. The Hall–Kier alpha value is -0.410. The summed E-state index contributed by atoms with van der Waals surface area (Å²) in [7, 11) is 0. The number of thiazole rings is 1. The molecule has 21 heavy (non-hydrogen) atoms. The van der Waals surface area contributed by atoms with Gasteiger partial charge < -0.3 is 5.32 Å². The summed E-state index contributed by atoms with van der Waals surface area (Å²) in [5.41, 5.74) is 1.47. The average Bonchev–Trinajstić information content (AvgIpc) is 3.07. The van der Waals surface area contributed by atoms with E-state index in [4.69, 9.17) is 4.98 Å². The molecule has 0 bridgehead atoms. The first kappa shape index (κ1) is 17.0. The van der Waals surface area contributed by atoms with Crippen LogP contribution in [0.15, 0.2) is 5.38 Å². The zero-order chi connectivity index (χ0) is 15.7. The molecule has 0 aliphatic heterocycles. The van der Waals surface area contributed by atoms with Crippen LogP contribution in [0.2, 0.25) is 0 Å². The second-order valence-corrected chi connectivity index (χ2v) is 8.72. The molecule has 0 radical (unpaired) electrons. The van der Waals surface area contributed by atoms with Crippen LogP contribution in [-0.4, -0.2) is 11.0 Å². The van der Waals surface area contributed by atoms with Crippen LogP contribution in [0.4, 0.5) is 0 Å². The van der Waals surface area contributed by atoms with E-state index in [1.54, 1.807) is 0 Å². The molecular formula is C18H32N2S. The zero-order valence-corrected chi connectivity index (χ0v) is 15.4. The highest BCUT2D eigenvalue weighted by molar-refractivity contribution is 7.09. The highest BCUT2D eigenvalue weighted by Crippen LogP contribution is 2.39. The van der Waals surface area contributed by atoms with Gasteiger partial charge in [-0.1, -0.05) is 48.0 Å². The number of nitrogens with one attached hydrogen (secondary N) is 1. The molecule has 2 rings (SSSR count). The fraction of sp³-hybridized carbons (Fsp3) is 0.833. The quantitative estimate of drug-likeness (QED) is 0.745. The van der Waals surface area contributed by atoms with Crippen LogP contribution in [0, 0.1) is 5.92 Å². The Labute approximate surface area is 134 Å². The van der Waals surface area contributed by atoms with Gasteiger partial charge in [-0.25, -0.2) is 4.98 Å². The topological polar surface area (TPSA) is 24.9 Å². The lowest BCUT2D eigenvalue weighted by molar-refractivity contribution is 0.245. The number of aromatic nitrogens is 1. The van der Waals surface area contributed by atoms with Crippen molar-refractivity contribution in [1.82, 2.24) is 10.3 Å². The maximum atomic E-state index is 5.05. The van der Waals surface area contributed by atoms with Gasteiger partial charge in [0.1, 0.15) is 5.01 Å². The van der Waals surface area contributed by atoms with E-state index in [9.17, 15) is 0 Å². The highest BCUT2D eigenvalue weighted by Gasteiger charge is 2.39. The lowest BCUT2D eigenvalue weighted by Gasteiger charge is -2.35. The van der Waals surface area contributed by atoms with Crippen LogP contribution < -0.4 is 5.32 Å². The summed E-state index contributed by atoms with van der Waals surface area (Å²) in [5.74, 6) is 0.734. The van der Waals surface area contributed by atoms with Crippen molar-refractivity contribution in [2.24, 2.45) is 5.92 Å². The van der Waals surface area contributed by atoms with Gasteiger partial charge in [0.25, 0.3) is 0 Å². The normalized spacial score (nSPS) is 20.3. The molecule has 0 amide bonds. The third-order valence-corrected chi connectivity index (χ3v) is 5.78. The summed E-state index contributed by atoms with van der Waals surface area (Å²) in [4.78, 5) is 5.05. The van der Waals surface area contributed by atoms with Crippen LogP contribution in [-0.2, 0) is 11.0 Å². The van der Waals surface area contributed by atoms with Crippen LogP contribution in [0.1, 0.15) is 84.3 Å². The molecular weight excluding hydrogens is 276 g/mol. The van der Waals surface area contributed by atoms with Crippen molar-refractivity contribution in [2.45, 2.75) is 90.6 Å². The van der Waals surface area contributed by atoms with Gasteiger partial charge in [-0.2, -0.15) is 0 Å². The lowest BCUT2D eigenvalue weighted by Crippen LogP contribution is -2.44. The van der Waals surface area contributed by atoms with E-state index in [1.165, 1.54) is 36.4 Å². The van der Waals surface area contributed by atoms with Gasteiger partial charge in [0.05, 0.1) is 11.2 Å². The fourth-order valence-corrected chi connectivity index (χ4v) is 4.09. The standard InChI is InChI=1S/C18H32N2S/c1-7-13(3)11-18(8-2,20-14-9-10-14)16-19-15(12-21-16)17(4,5)6/h12-14,20H,7-11H2,1-6H3. The summed E-state index contributed by atoms with van der Waals surface area (Å²) in [6.45, 7) is 13.7. The molecule has 1 aromatic heterocycles. The average molecular weight is 309 g/mol. The molecule has 3 heteroatoms. The molecule has 1 aliphatic carbocycles. The van der Waals surface area contributed by atoms with Gasteiger partial charge in [-0.3, -0.25) is 0 Å². The first-order valence-corrected chi connectivity index (χ1v) is 9.43. The molecule has 120 valence electrons. The van der Waals surface area contributed by atoms with Gasteiger partial charge in [0.15, 0.2) is 0 Å². The van der Waals surface area contributed by atoms with Crippen LogP contribution in [0.25, 0.3) is 0 Å². The number of rotatable bonds is 7. The molecule has 1 aromatic rings. The van der Waals surface area contributed by atoms with Crippen molar-refractivity contribution >= 4 is 11.3 Å². The first-order chi connectivity index (χ1) is 9.80. The Morgan fingerprint density at radius 2 is 2.00 bits per heavy atom. The molecule has 2 nitrogen and oxygen atoms in total. The molecule has 1 aliphatic rings. The summed E-state index contributed by atoms with van der Waals surface area (Å²) >= 11 is 1.86. The van der Waals surface area contributed by atoms with E-state index in [1.807, 2.05) is 11.3 Å². The SMILES string of the molecule is CCC(C)CC(CC)(NC1CC1)c1nc(C(C)(C)C)cs1. The van der Waals surface area contributed by atoms with Gasteiger partial charge in [-0.15, -0.1) is 11.3 Å². The second kappa shape index (κ2) is 6.37. The smallest absolute Gasteiger partial charge is 0.113 e. The number of hydrogen-bond donors (Lipinski definition) is 1. The van der Waals surface area contributed by atoms with E-state index < -0.39 is 0 Å². The van der Waals surface area contributed by atoms with E-state index in [0.717, 1.165) is 18.4 Å². The molecule has 0 saturated heterocycles. The lowest BCUT2D eigenvalue weighted by atomic mass is 9.84. The van der Waals surface area contributed by atoms with E-state index in [-0.39, 0.29) is 11.0 Å². The van der Waals surface area contributed by atoms with Crippen molar-refractivity contribution in [1.29, 1.82) is 0 Å². The largest absolute Gasteiger partial charge is 0.303 e. The van der Waals surface area contributed by atoms with Crippen LogP contribution in [0.3, 0.4) is 0 Å². The zero-order valence-electron chi connectivity index (χ0n) is 14.6. The van der Waals surface area contributed by atoms with Gasteiger partial charge in [0, 0.05) is 16.8 Å². The number of hydrogen-bond acceptors (Lipinski definition) is 3. The van der Waals surface area contributed by atoms with Crippen molar-refractivity contribution < 1.29 is 0 Å². The third-order valence-electron chi connectivity index (χ3n) is 4.74. The van der Waals surface area contributed by atoms with Crippen molar-refractivity contribution in [2.75, 3.05) is 0 Å². The molecule has 1 heterocycles. The fourth-order valence-electron chi connectivity index (χ4n) is 2.80. The molecule has 2 atom stereocenters. The summed E-state index contributed by atoms with van der Waals surface area (Å²) in [6.07, 6.45) is 6.24. The summed E-state index contributed by atoms with van der Waals surface area (Å²) in [6, 6.07) is 0.719. The van der Waals surface area contributed by atoms with E-state index in [2.05, 4.69) is 52.2 Å². The van der Waals surface area contributed by atoms with Crippen molar-refractivity contribution in [3.8, 4) is 0 Å². The van der Waals surface area contributed by atoms with Gasteiger partial charge in [0.2, 0.25) is 0 Å². The van der Waals surface area contributed by atoms with Gasteiger partial charge in [-0.05, 0) is 31.6 Å². The maximum Gasteiger partial charge on any atom is 0.113 e. The van der Waals surface area contributed by atoms with E-state index >= 15 is 0 Å².